The number of carbonyl (C=O) groups excluding carboxylic acids is 2. The normalized spacial score (nSPS) is 26.8. The smallest absolute Gasteiger partial charge is 0.239 e. The molecule has 160 valence electrons. The summed E-state index contributed by atoms with van der Waals surface area (Å²) >= 11 is 9.56. The standard InChI is InChI=1S/C26H20BrClN2O2/c27-18-7-5-15(6-8-18)24-23-22(21-13-16-3-1-2-4-17(16)14-29(21)24)25(31)30(26(23)32)20-11-9-19(28)10-12-20/h1-12,21-24H,13-14H2. The number of halogens is 2. The molecule has 0 aliphatic carbocycles. The average molecular weight is 508 g/mol. The lowest BCUT2D eigenvalue weighted by Gasteiger charge is -2.38. The van der Waals surface area contributed by atoms with Crippen LogP contribution in [-0.2, 0) is 22.6 Å². The number of hydrogen-bond donors (Lipinski definition) is 0. The van der Waals surface area contributed by atoms with E-state index in [0.29, 0.717) is 10.7 Å². The van der Waals surface area contributed by atoms with Crippen LogP contribution in [0.2, 0.25) is 5.02 Å². The van der Waals surface area contributed by atoms with Gasteiger partial charge >= 0.3 is 0 Å². The van der Waals surface area contributed by atoms with E-state index in [1.807, 2.05) is 12.1 Å². The van der Waals surface area contributed by atoms with Crippen LogP contribution >= 0.6 is 27.5 Å². The predicted molar refractivity (Wildman–Crippen MR) is 127 cm³/mol. The van der Waals surface area contributed by atoms with Crippen molar-refractivity contribution in [2.75, 3.05) is 4.90 Å². The molecule has 0 aromatic heterocycles. The first-order valence-electron chi connectivity index (χ1n) is 10.7. The number of rotatable bonds is 2. The molecule has 0 radical (unpaired) electrons. The van der Waals surface area contributed by atoms with E-state index in [2.05, 4.69) is 57.2 Å². The van der Waals surface area contributed by atoms with Gasteiger partial charge in [-0.25, -0.2) is 4.90 Å². The van der Waals surface area contributed by atoms with Crippen molar-refractivity contribution in [2.24, 2.45) is 11.8 Å². The Labute approximate surface area is 199 Å². The van der Waals surface area contributed by atoms with Gasteiger partial charge in [0.15, 0.2) is 0 Å². The molecular weight excluding hydrogens is 488 g/mol. The molecule has 4 nitrogen and oxygen atoms in total. The first kappa shape index (κ1) is 20.2. The van der Waals surface area contributed by atoms with E-state index < -0.39 is 5.92 Å². The van der Waals surface area contributed by atoms with Gasteiger partial charge in [-0.15, -0.1) is 0 Å². The highest BCUT2D eigenvalue weighted by molar-refractivity contribution is 9.10. The summed E-state index contributed by atoms with van der Waals surface area (Å²) in [6.45, 7) is 0.746. The molecule has 2 amide bonds. The van der Waals surface area contributed by atoms with Crippen molar-refractivity contribution in [3.8, 4) is 0 Å². The highest BCUT2D eigenvalue weighted by Crippen LogP contribution is 2.53. The van der Waals surface area contributed by atoms with Crippen LogP contribution in [0.5, 0.6) is 0 Å². The van der Waals surface area contributed by atoms with Crippen LogP contribution in [-0.4, -0.2) is 22.8 Å². The molecule has 0 spiro atoms. The summed E-state index contributed by atoms with van der Waals surface area (Å²) in [5.74, 6) is -0.983. The molecule has 4 unspecified atom stereocenters. The van der Waals surface area contributed by atoms with Gasteiger partial charge < -0.3 is 0 Å². The monoisotopic (exact) mass is 506 g/mol. The van der Waals surface area contributed by atoms with Crippen molar-refractivity contribution in [2.45, 2.75) is 25.0 Å². The molecule has 3 aromatic rings. The third-order valence-electron chi connectivity index (χ3n) is 7.13. The Morgan fingerprint density at radius 1 is 0.812 bits per heavy atom. The second-order valence-electron chi connectivity index (χ2n) is 8.75. The zero-order valence-electron chi connectivity index (χ0n) is 17.1. The fourth-order valence-electron chi connectivity index (χ4n) is 5.76. The van der Waals surface area contributed by atoms with Gasteiger partial charge in [0.1, 0.15) is 0 Å². The molecule has 3 heterocycles. The highest BCUT2D eigenvalue weighted by atomic mass is 79.9. The van der Waals surface area contributed by atoms with Gasteiger partial charge in [-0.1, -0.05) is 63.9 Å². The van der Waals surface area contributed by atoms with Gasteiger partial charge in [0.2, 0.25) is 11.8 Å². The first-order chi connectivity index (χ1) is 15.5. The molecule has 0 N–H and O–H groups in total. The van der Waals surface area contributed by atoms with Gasteiger partial charge in [0.25, 0.3) is 0 Å². The predicted octanol–water partition coefficient (Wildman–Crippen LogP) is 5.39. The molecule has 3 aliphatic rings. The minimum atomic E-state index is -0.404. The summed E-state index contributed by atoms with van der Waals surface area (Å²) in [5.41, 5.74) is 4.22. The van der Waals surface area contributed by atoms with Crippen LogP contribution < -0.4 is 4.90 Å². The number of hydrogen-bond acceptors (Lipinski definition) is 3. The molecule has 0 saturated carbocycles. The Bertz CT molecular complexity index is 1230. The average Bonchev–Trinajstić information content (AvgIpc) is 3.26. The van der Waals surface area contributed by atoms with Crippen molar-refractivity contribution < 1.29 is 9.59 Å². The third-order valence-corrected chi connectivity index (χ3v) is 7.91. The maximum Gasteiger partial charge on any atom is 0.239 e. The van der Waals surface area contributed by atoms with Gasteiger partial charge in [0, 0.05) is 28.1 Å². The SMILES string of the molecule is O=C1C2C(C(=O)N1c1ccc(Cl)cc1)C(c1ccc(Br)cc1)N1Cc3ccccc3CC21. The van der Waals surface area contributed by atoms with Crippen molar-refractivity contribution in [3.63, 3.8) is 0 Å². The summed E-state index contributed by atoms with van der Waals surface area (Å²) in [6.07, 6.45) is 0.776. The van der Waals surface area contributed by atoms with E-state index in [1.165, 1.54) is 16.0 Å². The number of carbonyl (C=O) groups is 2. The molecule has 4 atom stereocenters. The van der Waals surface area contributed by atoms with Gasteiger partial charge in [-0.3, -0.25) is 14.5 Å². The quantitative estimate of drug-likeness (QED) is 0.437. The van der Waals surface area contributed by atoms with Gasteiger partial charge in [-0.05, 0) is 59.5 Å². The van der Waals surface area contributed by atoms with Crippen molar-refractivity contribution in [1.29, 1.82) is 0 Å². The second kappa shape index (κ2) is 7.55. The summed E-state index contributed by atoms with van der Waals surface area (Å²) in [6, 6.07) is 23.4. The van der Waals surface area contributed by atoms with Crippen molar-refractivity contribution >= 4 is 45.0 Å². The Balaban J connectivity index is 1.47. The highest BCUT2D eigenvalue weighted by Gasteiger charge is 2.63. The lowest BCUT2D eigenvalue weighted by Crippen LogP contribution is -2.44. The molecule has 6 rings (SSSR count). The lowest BCUT2D eigenvalue weighted by atomic mass is 9.84. The van der Waals surface area contributed by atoms with E-state index in [-0.39, 0.29) is 29.8 Å². The molecule has 32 heavy (non-hydrogen) atoms. The first-order valence-corrected chi connectivity index (χ1v) is 11.9. The van der Waals surface area contributed by atoms with Crippen molar-refractivity contribution in [1.82, 2.24) is 4.90 Å². The minimum absolute atomic E-state index is 0.00250. The van der Waals surface area contributed by atoms with Crippen LogP contribution in [0.25, 0.3) is 0 Å². The molecule has 0 bridgehead atoms. The Morgan fingerprint density at radius 2 is 1.47 bits per heavy atom. The number of anilines is 1. The van der Waals surface area contributed by atoms with Gasteiger partial charge in [-0.2, -0.15) is 0 Å². The Morgan fingerprint density at radius 3 is 2.19 bits per heavy atom. The van der Waals surface area contributed by atoms with E-state index >= 15 is 0 Å². The maximum atomic E-state index is 13.8. The number of benzene rings is 3. The summed E-state index contributed by atoms with van der Waals surface area (Å²) in [5, 5.41) is 0.579. The summed E-state index contributed by atoms with van der Waals surface area (Å²) < 4.78 is 0.993. The molecule has 3 aliphatic heterocycles. The number of amides is 2. The maximum absolute atomic E-state index is 13.8. The van der Waals surface area contributed by atoms with Crippen LogP contribution in [0, 0.1) is 11.8 Å². The van der Waals surface area contributed by atoms with E-state index in [1.54, 1.807) is 24.3 Å². The number of fused-ring (bicyclic) bond motifs is 4. The fraction of sp³-hybridized carbons (Fsp3) is 0.231. The largest absolute Gasteiger partial charge is 0.287 e. The van der Waals surface area contributed by atoms with Crippen LogP contribution in [0.4, 0.5) is 5.69 Å². The minimum Gasteiger partial charge on any atom is -0.287 e. The lowest BCUT2D eigenvalue weighted by molar-refractivity contribution is -0.124. The zero-order chi connectivity index (χ0) is 22.0. The number of imide groups is 1. The topological polar surface area (TPSA) is 40.6 Å². The Hall–Kier alpha value is -2.47. The van der Waals surface area contributed by atoms with Crippen LogP contribution in [0.3, 0.4) is 0 Å². The third kappa shape index (κ3) is 2.99. The second-order valence-corrected chi connectivity index (χ2v) is 10.1. The molecule has 2 fully saturated rings. The summed E-state index contributed by atoms with van der Waals surface area (Å²) in [4.78, 5) is 31.3. The molecule has 3 aromatic carbocycles. The fourth-order valence-corrected chi connectivity index (χ4v) is 6.15. The van der Waals surface area contributed by atoms with E-state index in [4.69, 9.17) is 11.6 Å². The molecule has 2 saturated heterocycles. The zero-order valence-corrected chi connectivity index (χ0v) is 19.5. The number of nitrogens with zero attached hydrogens (tertiary/aromatic N) is 2. The Kier molecular flexibility index (Phi) is 4.75. The van der Waals surface area contributed by atoms with Crippen LogP contribution in [0.1, 0.15) is 22.7 Å². The van der Waals surface area contributed by atoms with Crippen LogP contribution in [0.15, 0.2) is 77.3 Å². The molecule has 6 heteroatoms. The van der Waals surface area contributed by atoms with E-state index in [9.17, 15) is 9.59 Å². The molecular formula is C26H20BrClN2O2. The van der Waals surface area contributed by atoms with Gasteiger partial charge in [0.05, 0.1) is 17.5 Å². The van der Waals surface area contributed by atoms with Crippen molar-refractivity contribution in [3.05, 3.63) is 99.0 Å². The summed E-state index contributed by atoms with van der Waals surface area (Å²) in [7, 11) is 0. The van der Waals surface area contributed by atoms with E-state index in [0.717, 1.165) is 23.0 Å².